The van der Waals surface area contributed by atoms with Crippen molar-refractivity contribution in [3.8, 4) is 6.07 Å². The smallest absolute Gasteiger partial charge is 0.157 e. The van der Waals surface area contributed by atoms with E-state index in [0.717, 1.165) is 45.6 Å². The number of imidazole rings is 1. The Hall–Kier alpha value is -4.17. The average molecular weight is 432 g/mol. The SMILES string of the molecule is CCc1c(C)c(C#N)c2nc3ccccc3n2c1N(c1ccccc1)C(C)c1cccnc1. The number of anilines is 2. The first-order valence-electron chi connectivity index (χ1n) is 11.2. The minimum Gasteiger partial charge on any atom is -0.320 e. The number of para-hydroxylation sites is 3. The first kappa shape index (κ1) is 20.7. The van der Waals surface area contributed by atoms with E-state index in [1.807, 2.05) is 43.5 Å². The van der Waals surface area contributed by atoms with Crippen molar-refractivity contribution in [2.45, 2.75) is 33.2 Å². The third kappa shape index (κ3) is 3.32. The molecule has 5 aromatic rings. The normalized spacial score (nSPS) is 12.1. The van der Waals surface area contributed by atoms with Gasteiger partial charge in [0.1, 0.15) is 11.9 Å². The zero-order valence-corrected chi connectivity index (χ0v) is 19.0. The van der Waals surface area contributed by atoms with Gasteiger partial charge in [-0.1, -0.05) is 43.3 Å². The average Bonchev–Trinajstić information content (AvgIpc) is 3.24. The number of benzene rings is 2. The van der Waals surface area contributed by atoms with Crippen LogP contribution in [0.3, 0.4) is 0 Å². The van der Waals surface area contributed by atoms with Gasteiger partial charge in [0.2, 0.25) is 0 Å². The lowest BCUT2D eigenvalue weighted by atomic mass is 9.99. The van der Waals surface area contributed by atoms with Crippen LogP contribution in [-0.4, -0.2) is 14.4 Å². The molecule has 0 aliphatic rings. The molecule has 162 valence electrons. The van der Waals surface area contributed by atoms with Crippen LogP contribution in [0.25, 0.3) is 16.7 Å². The molecule has 5 rings (SSSR count). The number of pyridine rings is 2. The highest BCUT2D eigenvalue weighted by Gasteiger charge is 2.28. The predicted molar refractivity (Wildman–Crippen MR) is 133 cm³/mol. The van der Waals surface area contributed by atoms with Gasteiger partial charge in [0, 0.05) is 18.1 Å². The Labute approximate surface area is 193 Å². The summed E-state index contributed by atoms with van der Waals surface area (Å²) in [7, 11) is 0. The number of fused-ring (bicyclic) bond motifs is 3. The fraction of sp³-hybridized carbons (Fsp3) is 0.179. The largest absolute Gasteiger partial charge is 0.320 e. The summed E-state index contributed by atoms with van der Waals surface area (Å²) in [6, 6.07) is 25.0. The lowest BCUT2D eigenvalue weighted by molar-refractivity contribution is 0.747. The van der Waals surface area contributed by atoms with E-state index in [1.165, 1.54) is 0 Å². The van der Waals surface area contributed by atoms with Crippen LogP contribution in [-0.2, 0) is 6.42 Å². The second kappa shape index (κ2) is 8.40. The maximum absolute atomic E-state index is 10.1. The molecule has 0 saturated heterocycles. The van der Waals surface area contributed by atoms with E-state index in [-0.39, 0.29) is 6.04 Å². The molecule has 0 aliphatic heterocycles. The fourth-order valence-electron chi connectivity index (χ4n) is 4.73. The summed E-state index contributed by atoms with van der Waals surface area (Å²) in [6.07, 6.45) is 4.52. The Bertz CT molecular complexity index is 1480. The van der Waals surface area contributed by atoms with E-state index in [0.29, 0.717) is 11.2 Å². The highest BCUT2D eigenvalue weighted by molar-refractivity contribution is 5.87. The minimum absolute atomic E-state index is 0.00287. The zero-order chi connectivity index (χ0) is 22.9. The second-order valence-electron chi connectivity index (χ2n) is 8.19. The van der Waals surface area contributed by atoms with E-state index >= 15 is 0 Å². The van der Waals surface area contributed by atoms with Crippen LogP contribution in [0, 0.1) is 18.3 Å². The Morgan fingerprint density at radius 1 is 1.03 bits per heavy atom. The molecule has 5 heteroatoms. The molecule has 0 saturated carbocycles. The van der Waals surface area contributed by atoms with E-state index < -0.39 is 0 Å². The van der Waals surface area contributed by atoms with Crippen LogP contribution >= 0.6 is 0 Å². The Morgan fingerprint density at radius 3 is 2.48 bits per heavy atom. The molecule has 0 N–H and O–H groups in total. The molecule has 0 aliphatic carbocycles. The third-order valence-electron chi connectivity index (χ3n) is 6.38. The van der Waals surface area contributed by atoms with Gasteiger partial charge >= 0.3 is 0 Å². The molecule has 1 unspecified atom stereocenters. The molecular weight excluding hydrogens is 406 g/mol. The molecule has 0 radical (unpaired) electrons. The highest BCUT2D eigenvalue weighted by Crippen LogP contribution is 2.41. The third-order valence-corrected chi connectivity index (χ3v) is 6.38. The van der Waals surface area contributed by atoms with Crippen LogP contribution in [0.1, 0.15) is 42.1 Å². The van der Waals surface area contributed by atoms with Crippen molar-refractivity contribution in [1.29, 1.82) is 5.26 Å². The van der Waals surface area contributed by atoms with Crippen molar-refractivity contribution in [2.24, 2.45) is 0 Å². The quantitative estimate of drug-likeness (QED) is 0.318. The van der Waals surface area contributed by atoms with Gasteiger partial charge in [-0.15, -0.1) is 0 Å². The molecule has 0 fully saturated rings. The van der Waals surface area contributed by atoms with Crippen molar-refractivity contribution in [3.05, 3.63) is 101 Å². The molecule has 5 nitrogen and oxygen atoms in total. The van der Waals surface area contributed by atoms with E-state index in [9.17, 15) is 5.26 Å². The number of hydrogen-bond donors (Lipinski definition) is 0. The number of nitriles is 1. The first-order valence-corrected chi connectivity index (χ1v) is 11.2. The summed E-state index contributed by atoms with van der Waals surface area (Å²) in [4.78, 5) is 11.6. The summed E-state index contributed by atoms with van der Waals surface area (Å²) >= 11 is 0. The van der Waals surface area contributed by atoms with Crippen molar-refractivity contribution in [3.63, 3.8) is 0 Å². The van der Waals surface area contributed by atoms with Gasteiger partial charge in [0.25, 0.3) is 0 Å². The van der Waals surface area contributed by atoms with Crippen molar-refractivity contribution >= 4 is 28.2 Å². The molecule has 33 heavy (non-hydrogen) atoms. The van der Waals surface area contributed by atoms with E-state index in [1.54, 1.807) is 6.20 Å². The lowest BCUT2D eigenvalue weighted by Crippen LogP contribution is -2.26. The Balaban J connectivity index is 1.94. The van der Waals surface area contributed by atoms with Gasteiger partial charge in [0.15, 0.2) is 5.65 Å². The highest BCUT2D eigenvalue weighted by atomic mass is 15.3. The van der Waals surface area contributed by atoms with Crippen LogP contribution < -0.4 is 4.90 Å². The topological polar surface area (TPSA) is 57.2 Å². The van der Waals surface area contributed by atoms with Crippen LogP contribution in [0.5, 0.6) is 0 Å². The first-order chi connectivity index (χ1) is 16.2. The van der Waals surface area contributed by atoms with E-state index in [2.05, 4.69) is 70.6 Å². The Morgan fingerprint density at radius 2 is 1.79 bits per heavy atom. The van der Waals surface area contributed by atoms with Gasteiger partial charge in [-0.3, -0.25) is 9.38 Å². The Kier molecular flexibility index (Phi) is 5.27. The summed E-state index contributed by atoms with van der Waals surface area (Å²) in [5.41, 5.74) is 7.52. The van der Waals surface area contributed by atoms with Crippen molar-refractivity contribution in [2.75, 3.05) is 4.90 Å². The molecule has 2 aromatic carbocycles. The monoisotopic (exact) mass is 431 g/mol. The number of rotatable bonds is 5. The molecule has 0 spiro atoms. The predicted octanol–water partition coefficient (Wildman–Crippen LogP) is 6.52. The second-order valence-corrected chi connectivity index (χ2v) is 8.19. The van der Waals surface area contributed by atoms with E-state index in [4.69, 9.17) is 4.98 Å². The molecule has 0 amide bonds. The van der Waals surface area contributed by atoms with Crippen LogP contribution in [0.4, 0.5) is 11.5 Å². The zero-order valence-electron chi connectivity index (χ0n) is 19.0. The number of hydrogen-bond acceptors (Lipinski definition) is 4. The summed E-state index contributed by atoms with van der Waals surface area (Å²) in [6.45, 7) is 6.38. The summed E-state index contributed by atoms with van der Waals surface area (Å²) < 4.78 is 2.17. The molecule has 3 heterocycles. The number of nitrogens with zero attached hydrogens (tertiary/aromatic N) is 5. The molecular formula is C28H25N5. The fourth-order valence-corrected chi connectivity index (χ4v) is 4.73. The maximum atomic E-state index is 10.1. The summed E-state index contributed by atoms with van der Waals surface area (Å²) in [5, 5.41) is 10.1. The molecule has 1 atom stereocenters. The summed E-state index contributed by atoms with van der Waals surface area (Å²) in [5.74, 6) is 1.04. The molecule has 3 aromatic heterocycles. The van der Waals surface area contributed by atoms with Crippen LogP contribution in [0.2, 0.25) is 0 Å². The molecule has 0 bridgehead atoms. The maximum Gasteiger partial charge on any atom is 0.157 e. The van der Waals surface area contributed by atoms with Gasteiger partial charge in [0.05, 0.1) is 22.6 Å². The number of aromatic nitrogens is 3. The van der Waals surface area contributed by atoms with Crippen molar-refractivity contribution in [1.82, 2.24) is 14.4 Å². The van der Waals surface area contributed by atoms with Gasteiger partial charge < -0.3 is 4.90 Å². The lowest BCUT2D eigenvalue weighted by Gasteiger charge is -2.34. The van der Waals surface area contributed by atoms with Gasteiger partial charge in [-0.25, -0.2) is 4.98 Å². The standard InChI is InChI=1S/C28H25N5/c1-4-23-19(2)24(17-29)27-31-25-14-8-9-15-26(25)33(27)28(23)32(22-12-6-5-7-13-22)20(3)21-11-10-16-30-18-21/h5-16,18,20H,4H2,1-3H3. The van der Waals surface area contributed by atoms with Gasteiger partial charge in [-0.2, -0.15) is 5.26 Å². The van der Waals surface area contributed by atoms with Gasteiger partial charge in [-0.05, 0) is 67.3 Å². The van der Waals surface area contributed by atoms with Crippen LogP contribution in [0.15, 0.2) is 79.1 Å². The van der Waals surface area contributed by atoms with Crippen molar-refractivity contribution < 1.29 is 0 Å². The minimum atomic E-state index is 0.00287.